The molecule has 78 valence electrons. The Labute approximate surface area is 78.2 Å². The minimum atomic E-state index is -4.73. The molecule has 0 saturated heterocycles. The topological polar surface area (TPSA) is 42.4 Å². The minimum absolute atomic E-state index is 0.129. The van der Waals surface area contributed by atoms with Gasteiger partial charge in [-0.3, -0.25) is 0 Å². The number of halogens is 3. The Morgan fingerprint density at radius 3 is 2.71 bits per heavy atom. The standard InChI is InChI=1S/C8H8F3NO2/c9-8(10,11)14-7-5-6(2-4-13)1-3-12-7/h1,3,5,13H,2,4H2. The van der Waals surface area contributed by atoms with Crippen LogP contribution in [0.4, 0.5) is 13.2 Å². The van der Waals surface area contributed by atoms with Crippen LogP contribution in [-0.2, 0) is 6.42 Å². The summed E-state index contributed by atoms with van der Waals surface area (Å²) >= 11 is 0. The van der Waals surface area contributed by atoms with Crippen molar-refractivity contribution in [1.82, 2.24) is 4.98 Å². The molecule has 14 heavy (non-hydrogen) atoms. The van der Waals surface area contributed by atoms with Crippen LogP contribution in [-0.4, -0.2) is 23.1 Å². The van der Waals surface area contributed by atoms with Crippen LogP contribution in [0, 0.1) is 0 Å². The van der Waals surface area contributed by atoms with Crippen LogP contribution in [0.5, 0.6) is 5.88 Å². The third kappa shape index (κ3) is 3.61. The molecule has 0 saturated carbocycles. The van der Waals surface area contributed by atoms with Crippen LogP contribution < -0.4 is 4.74 Å². The first-order chi connectivity index (χ1) is 6.51. The van der Waals surface area contributed by atoms with Gasteiger partial charge < -0.3 is 9.84 Å². The molecule has 1 N–H and O–H groups in total. The summed E-state index contributed by atoms with van der Waals surface area (Å²) in [6.07, 6.45) is -3.26. The fourth-order valence-corrected chi connectivity index (χ4v) is 0.909. The van der Waals surface area contributed by atoms with Gasteiger partial charge in [-0.15, -0.1) is 13.2 Å². The Morgan fingerprint density at radius 1 is 1.43 bits per heavy atom. The third-order valence-corrected chi connectivity index (χ3v) is 1.42. The molecule has 6 heteroatoms. The molecule has 0 aromatic carbocycles. The molecular weight excluding hydrogens is 199 g/mol. The van der Waals surface area contributed by atoms with Crippen molar-refractivity contribution in [2.75, 3.05) is 6.61 Å². The van der Waals surface area contributed by atoms with Crippen LogP contribution in [0.25, 0.3) is 0 Å². The highest BCUT2D eigenvalue weighted by Crippen LogP contribution is 2.21. The van der Waals surface area contributed by atoms with Crippen LogP contribution >= 0.6 is 0 Å². The number of aliphatic hydroxyl groups is 1. The maximum absolute atomic E-state index is 11.7. The van der Waals surface area contributed by atoms with E-state index in [1.165, 1.54) is 12.3 Å². The molecule has 1 aromatic heterocycles. The van der Waals surface area contributed by atoms with E-state index in [1.807, 2.05) is 0 Å². The van der Waals surface area contributed by atoms with Crippen LogP contribution in [0.1, 0.15) is 5.56 Å². The number of ether oxygens (including phenoxy) is 1. The summed E-state index contributed by atoms with van der Waals surface area (Å²) in [4.78, 5) is 3.38. The van der Waals surface area contributed by atoms with E-state index >= 15 is 0 Å². The van der Waals surface area contributed by atoms with Crippen molar-refractivity contribution < 1.29 is 23.0 Å². The first-order valence-corrected chi connectivity index (χ1v) is 3.83. The largest absolute Gasteiger partial charge is 0.574 e. The first kappa shape index (κ1) is 10.8. The summed E-state index contributed by atoms with van der Waals surface area (Å²) in [5.74, 6) is -0.511. The van der Waals surface area contributed by atoms with E-state index in [1.54, 1.807) is 0 Å². The Balaban J connectivity index is 2.73. The number of pyridine rings is 1. The molecule has 0 atom stereocenters. The van der Waals surface area contributed by atoms with Crippen molar-refractivity contribution in [2.45, 2.75) is 12.8 Å². The zero-order chi connectivity index (χ0) is 10.6. The average molecular weight is 207 g/mol. The fraction of sp³-hybridized carbons (Fsp3) is 0.375. The van der Waals surface area contributed by atoms with Gasteiger partial charge in [0.2, 0.25) is 5.88 Å². The van der Waals surface area contributed by atoms with Gasteiger partial charge in [0.05, 0.1) is 0 Å². The lowest BCUT2D eigenvalue weighted by molar-refractivity contribution is -0.276. The molecule has 0 unspecified atom stereocenters. The average Bonchev–Trinajstić information content (AvgIpc) is 2.02. The third-order valence-electron chi connectivity index (χ3n) is 1.42. The molecule has 1 heterocycles. The Morgan fingerprint density at radius 2 is 2.14 bits per heavy atom. The molecule has 0 aliphatic rings. The molecule has 1 aromatic rings. The van der Waals surface area contributed by atoms with Crippen LogP contribution in [0.3, 0.4) is 0 Å². The lowest BCUT2D eigenvalue weighted by Crippen LogP contribution is -2.18. The van der Waals surface area contributed by atoms with Crippen molar-refractivity contribution in [1.29, 1.82) is 0 Å². The monoisotopic (exact) mass is 207 g/mol. The normalized spacial score (nSPS) is 11.4. The van der Waals surface area contributed by atoms with Crippen molar-refractivity contribution >= 4 is 0 Å². The van der Waals surface area contributed by atoms with Gasteiger partial charge in [0.15, 0.2) is 0 Å². The van der Waals surface area contributed by atoms with Crippen molar-refractivity contribution in [2.24, 2.45) is 0 Å². The van der Waals surface area contributed by atoms with Gasteiger partial charge in [-0.1, -0.05) is 0 Å². The Kier molecular flexibility index (Phi) is 3.29. The number of hydrogen-bond donors (Lipinski definition) is 1. The fourth-order valence-electron chi connectivity index (χ4n) is 0.909. The number of aliphatic hydroxyl groups excluding tert-OH is 1. The molecule has 1 rings (SSSR count). The lowest BCUT2D eigenvalue weighted by atomic mass is 10.2. The highest BCUT2D eigenvalue weighted by molar-refractivity contribution is 5.20. The molecule has 0 radical (unpaired) electrons. The van der Waals surface area contributed by atoms with Crippen LogP contribution in [0.15, 0.2) is 18.3 Å². The number of nitrogens with zero attached hydrogens (tertiary/aromatic N) is 1. The summed E-state index contributed by atoms with van der Waals surface area (Å²) in [6, 6.07) is 2.66. The quantitative estimate of drug-likeness (QED) is 0.816. The van der Waals surface area contributed by atoms with Gasteiger partial charge in [0.25, 0.3) is 0 Å². The van der Waals surface area contributed by atoms with E-state index < -0.39 is 12.2 Å². The molecule has 0 aliphatic carbocycles. The predicted molar refractivity (Wildman–Crippen MR) is 41.7 cm³/mol. The lowest BCUT2D eigenvalue weighted by Gasteiger charge is -2.08. The highest BCUT2D eigenvalue weighted by atomic mass is 19.4. The summed E-state index contributed by atoms with van der Waals surface area (Å²) in [6.45, 7) is -0.129. The van der Waals surface area contributed by atoms with Gasteiger partial charge >= 0.3 is 6.36 Å². The van der Waals surface area contributed by atoms with E-state index in [0.717, 1.165) is 6.07 Å². The number of hydrogen-bond acceptors (Lipinski definition) is 3. The van der Waals surface area contributed by atoms with Gasteiger partial charge in [0, 0.05) is 18.9 Å². The maximum Gasteiger partial charge on any atom is 0.574 e. The second-order valence-corrected chi connectivity index (χ2v) is 2.52. The molecular formula is C8H8F3NO2. The summed E-state index contributed by atoms with van der Waals surface area (Å²) in [7, 11) is 0. The summed E-state index contributed by atoms with van der Waals surface area (Å²) < 4.78 is 38.8. The van der Waals surface area contributed by atoms with Gasteiger partial charge in [-0.25, -0.2) is 4.98 Å². The molecule has 0 aliphatic heterocycles. The molecule has 0 spiro atoms. The van der Waals surface area contributed by atoms with Crippen molar-refractivity contribution in [3.8, 4) is 5.88 Å². The van der Waals surface area contributed by atoms with E-state index in [0.29, 0.717) is 5.56 Å². The van der Waals surface area contributed by atoms with Gasteiger partial charge in [-0.05, 0) is 18.1 Å². The van der Waals surface area contributed by atoms with E-state index in [-0.39, 0.29) is 13.0 Å². The first-order valence-electron chi connectivity index (χ1n) is 3.83. The van der Waals surface area contributed by atoms with Gasteiger partial charge in [-0.2, -0.15) is 0 Å². The molecule has 3 nitrogen and oxygen atoms in total. The Bertz CT molecular complexity index is 301. The zero-order valence-electron chi connectivity index (χ0n) is 7.08. The van der Waals surface area contributed by atoms with Gasteiger partial charge in [0.1, 0.15) is 0 Å². The van der Waals surface area contributed by atoms with Crippen molar-refractivity contribution in [3.63, 3.8) is 0 Å². The summed E-state index contributed by atoms with van der Waals surface area (Å²) in [5.41, 5.74) is 0.543. The van der Waals surface area contributed by atoms with E-state index in [4.69, 9.17) is 5.11 Å². The van der Waals surface area contributed by atoms with E-state index in [2.05, 4.69) is 9.72 Å². The second-order valence-electron chi connectivity index (χ2n) is 2.52. The summed E-state index contributed by atoms with van der Waals surface area (Å²) in [5, 5.41) is 8.56. The maximum atomic E-state index is 11.7. The molecule has 0 bridgehead atoms. The smallest absolute Gasteiger partial charge is 0.396 e. The molecule has 0 fully saturated rings. The minimum Gasteiger partial charge on any atom is -0.396 e. The number of rotatable bonds is 3. The Hall–Kier alpha value is -1.30. The SMILES string of the molecule is OCCc1ccnc(OC(F)(F)F)c1. The highest BCUT2D eigenvalue weighted by Gasteiger charge is 2.31. The zero-order valence-corrected chi connectivity index (χ0v) is 7.08. The molecule has 0 amide bonds. The predicted octanol–water partition coefficient (Wildman–Crippen LogP) is 1.52. The number of alkyl halides is 3. The van der Waals surface area contributed by atoms with E-state index in [9.17, 15) is 13.2 Å². The second kappa shape index (κ2) is 4.28. The number of aromatic nitrogens is 1. The van der Waals surface area contributed by atoms with Crippen molar-refractivity contribution in [3.05, 3.63) is 23.9 Å². The van der Waals surface area contributed by atoms with Crippen LogP contribution in [0.2, 0.25) is 0 Å².